The summed E-state index contributed by atoms with van der Waals surface area (Å²) in [5.74, 6) is -5.75. The van der Waals surface area contributed by atoms with Gasteiger partial charge in [0.2, 0.25) is 35.7 Å². The average molecular weight is 913 g/mol. The van der Waals surface area contributed by atoms with Gasteiger partial charge in [-0.2, -0.15) is 41.3 Å². The van der Waals surface area contributed by atoms with Crippen LogP contribution in [-0.2, 0) is 0 Å². The highest BCUT2D eigenvalue weighted by molar-refractivity contribution is 6.40. The molecular formula is C57H30F6N6. The molecule has 6 nitrogen and oxygen atoms in total. The predicted molar refractivity (Wildman–Crippen MR) is 259 cm³/mol. The summed E-state index contributed by atoms with van der Waals surface area (Å²) in [5, 5.41) is 4.37. The molecule has 13 rings (SSSR count). The number of fused-ring (bicyclic) bond motifs is 12. The summed E-state index contributed by atoms with van der Waals surface area (Å²) < 4.78 is 96.6. The first-order valence-electron chi connectivity index (χ1n) is 21.9. The van der Waals surface area contributed by atoms with Crippen molar-refractivity contribution in [3.63, 3.8) is 0 Å². The van der Waals surface area contributed by atoms with Gasteiger partial charge in [-0.1, -0.05) is 72.8 Å². The normalized spacial score (nSPS) is 11.9. The fourth-order valence-electron chi connectivity index (χ4n) is 10.2. The van der Waals surface area contributed by atoms with Crippen LogP contribution in [0.1, 0.15) is 0 Å². The van der Waals surface area contributed by atoms with E-state index in [1.807, 2.05) is 127 Å². The lowest BCUT2D eigenvalue weighted by molar-refractivity contribution is 0.514. The van der Waals surface area contributed by atoms with E-state index >= 15 is 13.2 Å². The maximum absolute atomic E-state index is 15.7. The Hall–Kier alpha value is -9.03. The molecule has 12 heteroatoms. The molecular weight excluding hydrogens is 883 g/mol. The van der Waals surface area contributed by atoms with Crippen LogP contribution >= 0.6 is 0 Å². The molecule has 69 heavy (non-hydrogen) atoms. The standard InChI is InChI=1S/C57H30F6N6/c58-46-25-19-37(55(61)64-46)31-16-22-43-40(28-31)49-52(67(43)34-10-4-1-5-11-34)50-41-29-32(38-20-26-47(59)65-56(38)62)17-23-44(41)68(35-12-6-2-7-13-35)54(50)51-42-30-33(39-21-27-48(60)66-57(39)63)18-24-45(42)69(53(49)51)36-14-8-3-9-15-36/h1-30H. The van der Waals surface area contributed by atoms with Crippen molar-refractivity contribution < 1.29 is 26.3 Å². The first-order valence-corrected chi connectivity index (χ1v) is 21.9. The summed E-state index contributed by atoms with van der Waals surface area (Å²) in [7, 11) is 0. The van der Waals surface area contributed by atoms with Crippen molar-refractivity contribution in [2.24, 2.45) is 0 Å². The minimum atomic E-state index is -0.969. The fraction of sp³-hybridized carbons (Fsp3) is 0. The topological polar surface area (TPSA) is 53.5 Å². The van der Waals surface area contributed by atoms with Gasteiger partial charge in [-0.25, -0.2) is 0 Å². The van der Waals surface area contributed by atoms with Gasteiger partial charge in [-0.3, -0.25) is 0 Å². The molecule has 0 N–H and O–H groups in total. The van der Waals surface area contributed by atoms with Gasteiger partial charge >= 0.3 is 0 Å². The van der Waals surface area contributed by atoms with Crippen LogP contribution in [0.15, 0.2) is 182 Å². The lowest BCUT2D eigenvalue weighted by Gasteiger charge is -2.13. The van der Waals surface area contributed by atoms with Crippen LogP contribution in [0.4, 0.5) is 26.3 Å². The number of hydrogen-bond donors (Lipinski definition) is 0. The van der Waals surface area contributed by atoms with E-state index in [-0.39, 0.29) is 16.7 Å². The molecule has 6 heterocycles. The molecule has 13 aromatic rings. The van der Waals surface area contributed by atoms with Gasteiger partial charge in [0.25, 0.3) is 0 Å². The highest BCUT2D eigenvalue weighted by Gasteiger charge is 2.30. The first kappa shape index (κ1) is 40.3. The molecule has 0 saturated carbocycles. The summed E-state index contributed by atoms with van der Waals surface area (Å²) in [4.78, 5) is 10.6. The first-order chi connectivity index (χ1) is 33.7. The molecule has 0 radical (unpaired) electrons. The summed E-state index contributed by atoms with van der Waals surface area (Å²) in [6, 6.07) is 53.7. The molecule has 0 amide bonds. The smallest absolute Gasteiger partial charge is 0.223 e. The van der Waals surface area contributed by atoms with Crippen LogP contribution in [0.25, 0.3) is 116 Å². The van der Waals surface area contributed by atoms with E-state index in [1.165, 1.54) is 18.2 Å². The van der Waals surface area contributed by atoms with E-state index in [0.29, 0.717) is 32.8 Å². The van der Waals surface area contributed by atoms with Gasteiger partial charge in [-0.05, 0) is 126 Å². The third-order valence-corrected chi connectivity index (χ3v) is 13.0. The van der Waals surface area contributed by atoms with Crippen LogP contribution in [0.3, 0.4) is 0 Å². The summed E-state index contributed by atoms with van der Waals surface area (Å²) in [5.41, 5.74) is 8.53. The maximum Gasteiger partial charge on any atom is 0.223 e. The van der Waals surface area contributed by atoms with E-state index in [9.17, 15) is 13.2 Å². The monoisotopic (exact) mass is 912 g/mol. The zero-order valence-electron chi connectivity index (χ0n) is 35.8. The van der Waals surface area contributed by atoms with E-state index in [2.05, 4.69) is 28.7 Å². The minimum Gasteiger partial charge on any atom is -0.308 e. The number of benzene rings is 7. The summed E-state index contributed by atoms with van der Waals surface area (Å²) >= 11 is 0. The van der Waals surface area contributed by atoms with Crippen molar-refractivity contribution in [2.45, 2.75) is 0 Å². The average Bonchev–Trinajstić information content (AvgIpc) is 4.00. The lowest BCUT2D eigenvalue weighted by Crippen LogP contribution is -1.97. The van der Waals surface area contributed by atoms with E-state index < -0.39 is 35.7 Å². The van der Waals surface area contributed by atoms with Crippen LogP contribution in [0, 0.1) is 35.7 Å². The maximum atomic E-state index is 15.7. The molecule has 0 saturated heterocycles. The van der Waals surface area contributed by atoms with Gasteiger partial charge in [0.1, 0.15) is 0 Å². The van der Waals surface area contributed by atoms with Crippen LogP contribution < -0.4 is 0 Å². The molecule has 0 spiro atoms. The number of halogens is 6. The third-order valence-electron chi connectivity index (χ3n) is 13.0. The fourth-order valence-corrected chi connectivity index (χ4v) is 10.2. The largest absolute Gasteiger partial charge is 0.308 e. The lowest BCUT2D eigenvalue weighted by atomic mass is 9.98. The molecule has 7 aromatic carbocycles. The van der Waals surface area contributed by atoms with Gasteiger partial charge in [0.05, 0.1) is 33.1 Å². The third kappa shape index (κ3) is 6.11. The molecule has 6 aromatic heterocycles. The second kappa shape index (κ2) is 15.3. The van der Waals surface area contributed by atoms with E-state index in [4.69, 9.17) is 0 Å². The van der Waals surface area contributed by atoms with Crippen molar-refractivity contribution in [3.8, 4) is 50.4 Å². The zero-order valence-corrected chi connectivity index (χ0v) is 35.8. The molecule has 330 valence electrons. The number of nitrogens with zero attached hydrogens (tertiary/aromatic N) is 6. The number of aromatic nitrogens is 6. The zero-order chi connectivity index (χ0) is 46.7. The number of para-hydroxylation sites is 3. The number of hydrogen-bond acceptors (Lipinski definition) is 3. The second-order valence-electron chi connectivity index (χ2n) is 16.8. The van der Waals surface area contributed by atoms with Crippen molar-refractivity contribution in [3.05, 3.63) is 218 Å². The number of pyridine rings is 3. The van der Waals surface area contributed by atoms with Crippen molar-refractivity contribution in [1.82, 2.24) is 28.7 Å². The molecule has 0 aliphatic rings. The van der Waals surface area contributed by atoms with E-state index in [0.717, 1.165) is 84.5 Å². The Balaban J connectivity index is 1.34. The summed E-state index contributed by atoms with van der Waals surface area (Å²) in [6.45, 7) is 0. The molecule has 0 bridgehead atoms. The van der Waals surface area contributed by atoms with Crippen molar-refractivity contribution >= 4 is 65.4 Å². The highest BCUT2D eigenvalue weighted by atomic mass is 19.2. The molecule has 0 unspecified atom stereocenters. The Bertz CT molecular complexity index is 3790. The Morgan fingerprint density at radius 2 is 0.565 bits per heavy atom. The Morgan fingerprint density at radius 1 is 0.290 bits per heavy atom. The SMILES string of the molecule is Fc1ccc(-c2ccc3c(c2)c2c(c4c5cc(-c6ccc(F)nc6F)ccc5n(-c5ccccc5)c4c4c5cc(-c6ccc(F)nc6F)ccc5n(-c5ccccc5)c24)n3-c2ccccc2)c(F)n1. The van der Waals surface area contributed by atoms with Gasteiger partial charge in [-0.15, -0.1) is 0 Å². The van der Waals surface area contributed by atoms with Crippen LogP contribution in [0.2, 0.25) is 0 Å². The van der Waals surface area contributed by atoms with E-state index in [1.54, 1.807) is 18.2 Å². The van der Waals surface area contributed by atoms with Crippen LogP contribution in [0.5, 0.6) is 0 Å². The van der Waals surface area contributed by atoms with Crippen LogP contribution in [-0.4, -0.2) is 28.7 Å². The Labute approximate surface area is 387 Å². The van der Waals surface area contributed by atoms with Crippen molar-refractivity contribution in [2.75, 3.05) is 0 Å². The van der Waals surface area contributed by atoms with Gasteiger partial charge in [0, 0.05) is 66.1 Å². The quantitative estimate of drug-likeness (QED) is 0.123. The second-order valence-corrected chi connectivity index (χ2v) is 16.8. The minimum absolute atomic E-state index is 0.0969. The Morgan fingerprint density at radius 3 is 0.826 bits per heavy atom. The van der Waals surface area contributed by atoms with Gasteiger partial charge < -0.3 is 13.7 Å². The number of rotatable bonds is 6. The highest BCUT2D eigenvalue weighted by Crippen LogP contribution is 2.51. The molecule has 0 aliphatic heterocycles. The Kier molecular flexibility index (Phi) is 8.90. The molecule has 0 fully saturated rings. The summed E-state index contributed by atoms with van der Waals surface area (Å²) in [6.07, 6.45) is 0. The molecule has 0 atom stereocenters. The van der Waals surface area contributed by atoms with Gasteiger partial charge in [0.15, 0.2) is 0 Å². The molecule has 0 aliphatic carbocycles. The predicted octanol–water partition coefficient (Wildman–Crippen LogP) is 15.0. The van der Waals surface area contributed by atoms with Crippen molar-refractivity contribution in [1.29, 1.82) is 0 Å².